The predicted octanol–water partition coefficient (Wildman–Crippen LogP) is 1.82. The molecule has 0 aliphatic heterocycles. The summed E-state index contributed by atoms with van der Waals surface area (Å²) in [6.07, 6.45) is 0. The Morgan fingerprint density at radius 1 is 1.64 bits per heavy atom. The van der Waals surface area contributed by atoms with Gasteiger partial charge in [-0.2, -0.15) is 0 Å². The normalized spacial score (nSPS) is 12.5. The van der Waals surface area contributed by atoms with E-state index in [9.17, 15) is 4.79 Å². The van der Waals surface area contributed by atoms with Crippen LogP contribution in [0.3, 0.4) is 0 Å². The number of hydrogen-bond donors (Lipinski definition) is 1. The quantitative estimate of drug-likeness (QED) is 0.828. The lowest BCUT2D eigenvalue weighted by Gasteiger charge is -2.11. The van der Waals surface area contributed by atoms with Crippen LogP contribution in [0.5, 0.6) is 0 Å². The van der Waals surface area contributed by atoms with Gasteiger partial charge in [-0.15, -0.1) is 11.3 Å². The number of amides is 1. The van der Waals surface area contributed by atoms with Crippen molar-refractivity contribution in [2.24, 2.45) is 0 Å². The lowest BCUT2D eigenvalue weighted by molar-refractivity contribution is 0.0909. The Kier molecular flexibility index (Phi) is 4.10. The topological polar surface area (TPSA) is 38.3 Å². The van der Waals surface area contributed by atoms with Gasteiger partial charge >= 0.3 is 0 Å². The Balaban J connectivity index is 2.50. The largest absolute Gasteiger partial charge is 0.383 e. The van der Waals surface area contributed by atoms with Gasteiger partial charge in [-0.3, -0.25) is 4.79 Å². The summed E-state index contributed by atoms with van der Waals surface area (Å²) in [5.41, 5.74) is 0. The second-order valence-electron chi connectivity index (χ2n) is 3.24. The number of methoxy groups -OCH3 is 1. The van der Waals surface area contributed by atoms with E-state index in [0.717, 1.165) is 9.75 Å². The highest BCUT2D eigenvalue weighted by molar-refractivity contribution is 7.13. The van der Waals surface area contributed by atoms with Gasteiger partial charge < -0.3 is 10.1 Å². The van der Waals surface area contributed by atoms with Crippen LogP contribution in [-0.4, -0.2) is 25.7 Å². The lowest BCUT2D eigenvalue weighted by atomic mass is 10.3. The zero-order chi connectivity index (χ0) is 10.6. The lowest BCUT2D eigenvalue weighted by Crippen LogP contribution is -2.35. The molecule has 14 heavy (non-hydrogen) atoms. The predicted molar refractivity (Wildman–Crippen MR) is 57.9 cm³/mol. The fourth-order valence-corrected chi connectivity index (χ4v) is 1.91. The summed E-state index contributed by atoms with van der Waals surface area (Å²) in [7, 11) is 1.62. The number of hydrogen-bond acceptors (Lipinski definition) is 3. The molecule has 0 radical (unpaired) electrons. The van der Waals surface area contributed by atoms with Gasteiger partial charge in [0, 0.05) is 18.0 Å². The fraction of sp³-hybridized carbons (Fsp3) is 0.500. The fourth-order valence-electron chi connectivity index (χ4n) is 1.14. The molecular weight excluding hydrogens is 198 g/mol. The highest BCUT2D eigenvalue weighted by Gasteiger charge is 2.10. The minimum absolute atomic E-state index is 0.0207. The number of carbonyl (C=O) groups excluding carboxylic acids is 1. The third kappa shape index (κ3) is 3.12. The highest BCUT2D eigenvalue weighted by atomic mass is 32.1. The van der Waals surface area contributed by atoms with E-state index < -0.39 is 0 Å². The first kappa shape index (κ1) is 11.2. The molecule has 1 N–H and O–H groups in total. The van der Waals surface area contributed by atoms with Crippen molar-refractivity contribution in [1.82, 2.24) is 5.32 Å². The van der Waals surface area contributed by atoms with E-state index >= 15 is 0 Å². The molecule has 1 amide bonds. The molecule has 3 nitrogen and oxygen atoms in total. The molecule has 78 valence electrons. The van der Waals surface area contributed by atoms with Crippen LogP contribution >= 0.6 is 11.3 Å². The Bertz CT molecular complexity index is 309. The minimum atomic E-state index is -0.0207. The summed E-state index contributed by atoms with van der Waals surface area (Å²) >= 11 is 1.50. The summed E-state index contributed by atoms with van der Waals surface area (Å²) in [5, 5.41) is 2.86. The third-order valence-electron chi connectivity index (χ3n) is 1.76. The van der Waals surface area contributed by atoms with E-state index in [1.165, 1.54) is 11.3 Å². The second-order valence-corrected chi connectivity index (χ2v) is 4.53. The van der Waals surface area contributed by atoms with Crippen LogP contribution < -0.4 is 5.32 Å². The molecule has 0 fully saturated rings. The number of carbonyl (C=O) groups is 1. The van der Waals surface area contributed by atoms with Crippen molar-refractivity contribution >= 4 is 17.2 Å². The Morgan fingerprint density at radius 2 is 2.36 bits per heavy atom. The molecule has 0 aliphatic rings. The van der Waals surface area contributed by atoms with Gasteiger partial charge in [0.25, 0.3) is 5.91 Å². The third-order valence-corrected chi connectivity index (χ3v) is 2.76. The van der Waals surface area contributed by atoms with E-state index in [1.54, 1.807) is 7.11 Å². The molecule has 1 heterocycles. The number of rotatable bonds is 4. The van der Waals surface area contributed by atoms with Crippen molar-refractivity contribution in [3.05, 3.63) is 21.9 Å². The van der Waals surface area contributed by atoms with Gasteiger partial charge in [-0.05, 0) is 26.0 Å². The maximum Gasteiger partial charge on any atom is 0.261 e. The standard InChI is InChI=1S/C10H15NO2S/c1-7(6-13-3)11-10(12)9-5-4-8(2)14-9/h4-5,7H,6H2,1-3H3,(H,11,12)/t7-/m1/s1. The zero-order valence-electron chi connectivity index (χ0n) is 8.66. The van der Waals surface area contributed by atoms with Gasteiger partial charge in [0.15, 0.2) is 0 Å². The Hall–Kier alpha value is -0.870. The van der Waals surface area contributed by atoms with Crippen molar-refractivity contribution in [1.29, 1.82) is 0 Å². The SMILES string of the molecule is COC[C@@H](C)NC(=O)c1ccc(C)s1. The van der Waals surface area contributed by atoms with Gasteiger partial charge in [-0.25, -0.2) is 0 Å². The Morgan fingerprint density at radius 3 is 2.86 bits per heavy atom. The van der Waals surface area contributed by atoms with E-state index in [0.29, 0.717) is 6.61 Å². The molecule has 1 rings (SSSR count). The number of thiophene rings is 1. The number of nitrogens with one attached hydrogen (secondary N) is 1. The smallest absolute Gasteiger partial charge is 0.261 e. The van der Waals surface area contributed by atoms with Crippen molar-refractivity contribution < 1.29 is 9.53 Å². The van der Waals surface area contributed by atoms with E-state index in [2.05, 4.69) is 5.32 Å². The van der Waals surface area contributed by atoms with Crippen LogP contribution in [0.4, 0.5) is 0 Å². The first-order valence-corrected chi connectivity index (χ1v) is 5.31. The number of aryl methyl sites for hydroxylation is 1. The van der Waals surface area contributed by atoms with Gasteiger partial charge in [0.1, 0.15) is 0 Å². The van der Waals surface area contributed by atoms with Crippen LogP contribution in [0, 0.1) is 6.92 Å². The monoisotopic (exact) mass is 213 g/mol. The average Bonchev–Trinajstić information content (AvgIpc) is 2.52. The highest BCUT2D eigenvalue weighted by Crippen LogP contribution is 2.14. The molecule has 0 aromatic carbocycles. The molecule has 0 spiro atoms. The van der Waals surface area contributed by atoms with E-state index in [-0.39, 0.29) is 11.9 Å². The second kappa shape index (κ2) is 5.12. The molecule has 0 aliphatic carbocycles. The summed E-state index contributed by atoms with van der Waals surface area (Å²) < 4.78 is 4.93. The summed E-state index contributed by atoms with van der Waals surface area (Å²) in [5.74, 6) is -0.0207. The van der Waals surface area contributed by atoms with Crippen LogP contribution in [0.1, 0.15) is 21.5 Å². The maximum atomic E-state index is 11.6. The molecule has 1 aromatic heterocycles. The van der Waals surface area contributed by atoms with E-state index in [4.69, 9.17) is 4.74 Å². The summed E-state index contributed by atoms with van der Waals surface area (Å²) in [6.45, 7) is 4.44. The molecule has 0 unspecified atom stereocenters. The van der Waals surface area contributed by atoms with Crippen molar-refractivity contribution in [2.75, 3.05) is 13.7 Å². The van der Waals surface area contributed by atoms with Crippen molar-refractivity contribution in [3.8, 4) is 0 Å². The van der Waals surface area contributed by atoms with Crippen LogP contribution in [0.25, 0.3) is 0 Å². The molecular formula is C10H15NO2S. The van der Waals surface area contributed by atoms with Gasteiger partial charge in [0.05, 0.1) is 11.5 Å². The number of ether oxygens (including phenoxy) is 1. The average molecular weight is 213 g/mol. The van der Waals surface area contributed by atoms with Crippen LogP contribution in [-0.2, 0) is 4.74 Å². The molecule has 0 saturated carbocycles. The van der Waals surface area contributed by atoms with Crippen molar-refractivity contribution in [2.45, 2.75) is 19.9 Å². The molecule has 4 heteroatoms. The molecule has 1 atom stereocenters. The van der Waals surface area contributed by atoms with Gasteiger partial charge in [-0.1, -0.05) is 0 Å². The summed E-state index contributed by atoms with van der Waals surface area (Å²) in [4.78, 5) is 13.5. The zero-order valence-corrected chi connectivity index (χ0v) is 9.48. The van der Waals surface area contributed by atoms with Crippen LogP contribution in [0.15, 0.2) is 12.1 Å². The molecule has 0 bridgehead atoms. The first-order chi connectivity index (χ1) is 6.63. The molecule has 0 saturated heterocycles. The Labute approximate surface area is 88.1 Å². The summed E-state index contributed by atoms with van der Waals surface area (Å²) in [6, 6.07) is 3.84. The van der Waals surface area contributed by atoms with Gasteiger partial charge in [0.2, 0.25) is 0 Å². The first-order valence-electron chi connectivity index (χ1n) is 4.49. The minimum Gasteiger partial charge on any atom is -0.383 e. The van der Waals surface area contributed by atoms with E-state index in [1.807, 2.05) is 26.0 Å². The molecule has 1 aromatic rings. The van der Waals surface area contributed by atoms with Crippen molar-refractivity contribution in [3.63, 3.8) is 0 Å². The van der Waals surface area contributed by atoms with Crippen LogP contribution in [0.2, 0.25) is 0 Å². The maximum absolute atomic E-state index is 11.6.